The van der Waals surface area contributed by atoms with E-state index >= 15 is 0 Å². The SMILES string of the molecule is CC1(C)C(=O)NCCN1C(=O)N[C@H](CC(=O)O)C(=O)O. The number of amides is 3. The van der Waals surface area contributed by atoms with Crippen LogP contribution in [0.3, 0.4) is 0 Å². The first-order valence-corrected chi connectivity index (χ1v) is 5.97. The summed E-state index contributed by atoms with van der Waals surface area (Å²) in [4.78, 5) is 46.4. The maximum absolute atomic E-state index is 12.0. The zero-order chi connectivity index (χ0) is 15.5. The number of carboxylic acids is 2. The highest BCUT2D eigenvalue weighted by Gasteiger charge is 2.41. The Bertz CT molecular complexity index is 447. The van der Waals surface area contributed by atoms with Gasteiger partial charge >= 0.3 is 18.0 Å². The maximum Gasteiger partial charge on any atom is 0.326 e. The van der Waals surface area contributed by atoms with Crippen molar-refractivity contribution in [2.24, 2.45) is 0 Å². The average Bonchev–Trinajstić information content (AvgIpc) is 2.30. The van der Waals surface area contributed by atoms with Crippen molar-refractivity contribution in [3.05, 3.63) is 0 Å². The van der Waals surface area contributed by atoms with E-state index in [9.17, 15) is 19.2 Å². The van der Waals surface area contributed by atoms with Crippen LogP contribution in [0, 0.1) is 0 Å². The van der Waals surface area contributed by atoms with Crippen molar-refractivity contribution >= 4 is 23.9 Å². The third-order valence-electron chi connectivity index (χ3n) is 3.07. The Balaban J connectivity index is 2.80. The van der Waals surface area contributed by atoms with Crippen LogP contribution in [0.5, 0.6) is 0 Å². The smallest absolute Gasteiger partial charge is 0.326 e. The number of nitrogens with zero attached hydrogens (tertiary/aromatic N) is 1. The zero-order valence-corrected chi connectivity index (χ0v) is 11.2. The molecule has 20 heavy (non-hydrogen) atoms. The van der Waals surface area contributed by atoms with Crippen LogP contribution in [0.1, 0.15) is 20.3 Å². The molecule has 9 heteroatoms. The second-order valence-corrected chi connectivity index (χ2v) is 4.90. The van der Waals surface area contributed by atoms with E-state index in [1.165, 1.54) is 18.7 Å². The summed E-state index contributed by atoms with van der Waals surface area (Å²) < 4.78 is 0. The molecular weight excluding hydrogens is 270 g/mol. The molecule has 1 aliphatic heterocycles. The van der Waals surface area contributed by atoms with Gasteiger partial charge in [0.2, 0.25) is 5.91 Å². The molecule has 1 aliphatic rings. The lowest BCUT2D eigenvalue weighted by molar-refractivity contribution is -0.145. The molecule has 0 aromatic heterocycles. The molecule has 1 atom stereocenters. The van der Waals surface area contributed by atoms with Gasteiger partial charge in [-0.3, -0.25) is 9.59 Å². The van der Waals surface area contributed by atoms with Crippen molar-refractivity contribution < 1.29 is 29.4 Å². The minimum absolute atomic E-state index is 0.212. The Hall–Kier alpha value is -2.32. The van der Waals surface area contributed by atoms with Gasteiger partial charge in [0.1, 0.15) is 11.6 Å². The Kier molecular flexibility index (Phi) is 4.53. The predicted molar refractivity (Wildman–Crippen MR) is 66.0 cm³/mol. The molecule has 9 nitrogen and oxygen atoms in total. The van der Waals surface area contributed by atoms with Gasteiger partial charge < -0.3 is 25.7 Å². The van der Waals surface area contributed by atoms with E-state index < -0.39 is 36.0 Å². The third kappa shape index (κ3) is 3.37. The van der Waals surface area contributed by atoms with Crippen LogP contribution in [-0.2, 0) is 14.4 Å². The number of rotatable bonds is 4. The summed E-state index contributed by atoms with van der Waals surface area (Å²) in [5, 5.41) is 22.2. The summed E-state index contributed by atoms with van der Waals surface area (Å²) in [6.07, 6.45) is -0.735. The van der Waals surface area contributed by atoms with Gasteiger partial charge in [0, 0.05) is 13.1 Å². The molecule has 112 valence electrons. The highest BCUT2D eigenvalue weighted by atomic mass is 16.4. The summed E-state index contributed by atoms with van der Waals surface area (Å²) >= 11 is 0. The lowest BCUT2D eigenvalue weighted by Crippen LogP contribution is -2.66. The lowest BCUT2D eigenvalue weighted by atomic mass is 9.99. The number of urea groups is 1. The van der Waals surface area contributed by atoms with Crippen LogP contribution in [-0.4, -0.2) is 63.7 Å². The molecule has 1 rings (SSSR count). The number of carbonyl (C=O) groups excluding carboxylic acids is 2. The van der Waals surface area contributed by atoms with Crippen molar-refractivity contribution in [2.75, 3.05) is 13.1 Å². The van der Waals surface area contributed by atoms with E-state index in [2.05, 4.69) is 10.6 Å². The predicted octanol–water partition coefficient (Wildman–Crippen LogP) is -1.17. The Morgan fingerprint density at radius 1 is 1.40 bits per heavy atom. The fourth-order valence-electron chi connectivity index (χ4n) is 1.86. The molecule has 3 amide bonds. The minimum atomic E-state index is -1.54. The second-order valence-electron chi connectivity index (χ2n) is 4.90. The van der Waals surface area contributed by atoms with E-state index in [1.807, 2.05) is 0 Å². The van der Waals surface area contributed by atoms with Crippen molar-refractivity contribution in [1.82, 2.24) is 15.5 Å². The van der Waals surface area contributed by atoms with Gasteiger partial charge in [0.15, 0.2) is 0 Å². The first-order chi connectivity index (χ1) is 9.16. The minimum Gasteiger partial charge on any atom is -0.481 e. The number of carbonyl (C=O) groups is 4. The topological polar surface area (TPSA) is 136 Å². The molecule has 0 unspecified atom stereocenters. The Morgan fingerprint density at radius 3 is 2.50 bits per heavy atom. The molecule has 0 spiro atoms. The van der Waals surface area contributed by atoms with Crippen molar-refractivity contribution in [2.45, 2.75) is 31.8 Å². The molecule has 0 aliphatic carbocycles. The second kappa shape index (κ2) is 5.76. The van der Waals surface area contributed by atoms with Crippen LogP contribution in [0.2, 0.25) is 0 Å². The van der Waals surface area contributed by atoms with Gasteiger partial charge in [-0.15, -0.1) is 0 Å². The van der Waals surface area contributed by atoms with Crippen molar-refractivity contribution in [3.63, 3.8) is 0 Å². The fourth-order valence-corrected chi connectivity index (χ4v) is 1.86. The lowest BCUT2D eigenvalue weighted by Gasteiger charge is -2.41. The molecule has 0 radical (unpaired) electrons. The number of carboxylic acid groups (broad SMARTS) is 2. The van der Waals surface area contributed by atoms with E-state index in [-0.39, 0.29) is 19.0 Å². The molecule has 0 bridgehead atoms. The van der Waals surface area contributed by atoms with Gasteiger partial charge in [0.25, 0.3) is 0 Å². The van der Waals surface area contributed by atoms with Gasteiger partial charge in [-0.05, 0) is 13.8 Å². The monoisotopic (exact) mass is 287 g/mol. The zero-order valence-electron chi connectivity index (χ0n) is 11.2. The molecule has 4 N–H and O–H groups in total. The van der Waals surface area contributed by atoms with Crippen LogP contribution in [0.15, 0.2) is 0 Å². The number of hydrogen-bond acceptors (Lipinski definition) is 4. The largest absolute Gasteiger partial charge is 0.481 e. The quantitative estimate of drug-likeness (QED) is 0.514. The Morgan fingerprint density at radius 2 is 2.00 bits per heavy atom. The van der Waals surface area contributed by atoms with Gasteiger partial charge in [-0.1, -0.05) is 0 Å². The highest BCUT2D eigenvalue weighted by molar-refractivity contribution is 5.93. The molecule has 0 aromatic rings. The standard InChI is InChI=1S/C11H17N3O6/c1-11(2)9(19)12-3-4-14(11)10(20)13-6(8(17)18)5-7(15)16/h6H,3-5H2,1-2H3,(H,12,19)(H,13,20)(H,15,16)(H,17,18)/t6-/m1/s1. The first-order valence-electron chi connectivity index (χ1n) is 5.97. The normalized spacial score (nSPS) is 18.9. The third-order valence-corrected chi connectivity index (χ3v) is 3.07. The summed E-state index contributed by atoms with van der Waals surface area (Å²) in [6.45, 7) is 3.51. The summed E-state index contributed by atoms with van der Waals surface area (Å²) in [6, 6.07) is -2.32. The molecule has 1 saturated heterocycles. The van der Waals surface area contributed by atoms with E-state index in [0.29, 0.717) is 0 Å². The maximum atomic E-state index is 12.0. The van der Waals surface area contributed by atoms with Gasteiger partial charge in [0.05, 0.1) is 6.42 Å². The first kappa shape index (κ1) is 15.7. The molecule has 1 heterocycles. The molecule has 0 aromatic carbocycles. The number of hydrogen-bond donors (Lipinski definition) is 4. The number of aliphatic carboxylic acids is 2. The van der Waals surface area contributed by atoms with Gasteiger partial charge in [-0.2, -0.15) is 0 Å². The van der Waals surface area contributed by atoms with Crippen molar-refractivity contribution in [1.29, 1.82) is 0 Å². The number of nitrogens with one attached hydrogen (secondary N) is 2. The Labute approximate surface area is 114 Å². The summed E-state index contributed by atoms with van der Waals surface area (Å²) in [5.74, 6) is -3.14. The fraction of sp³-hybridized carbons (Fsp3) is 0.636. The van der Waals surface area contributed by atoms with E-state index in [1.54, 1.807) is 0 Å². The number of piperazine rings is 1. The van der Waals surface area contributed by atoms with Gasteiger partial charge in [-0.25, -0.2) is 9.59 Å². The van der Waals surface area contributed by atoms with Crippen molar-refractivity contribution in [3.8, 4) is 0 Å². The van der Waals surface area contributed by atoms with Crippen LogP contribution < -0.4 is 10.6 Å². The van der Waals surface area contributed by atoms with E-state index in [4.69, 9.17) is 10.2 Å². The summed E-state index contributed by atoms with van der Waals surface area (Å²) in [7, 11) is 0. The molecular formula is C11H17N3O6. The van der Waals surface area contributed by atoms with E-state index in [0.717, 1.165) is 0 Å². The average molecular weight is 287 g/mol. The molecule has 0 saturated carbocycles. The highest BCUT2D eigenvalue weighted by Crippen LogP contribution is 2.17. The van der Waals surface area contributed by atoms with Crippen LogP contribution in [0.4, 0.5) is 4.79 Å². The molecule has 1 fully saturated rings. The summed E-state index contributed by atoms with van der Waals surface area (Å²) in [5.41, 5.74) is -1.13. The van der Waals surface area contributed by atoms with Crippen LogP contribution >= 0.6 is 0 Å². The van der Waals surface area contributed by atoms with Crippen LogP contribution in [0.25, 0.3) is 0 Å².